The second-order valence-electron chi connectivity index (χ2n) is 7.67. The first-order chi connectivity index (χ1) is 15.6. The van der Waals surface area contributed by atoms with E-state index in [1.165, 1.54) is 28.6 Å². The van der Waals surface area contributed by atoms with Crippen LogP contribution in [0.3, 0.4) is 0 Å². The van der Waals surface area contributed by atoms with Crippen LogP contribution in [0.5, 0.6) is 0 Å². The summed E-state index contributed by atoms with van der Waals surface area (Å²) in [5, 5.41) is 11.3. The van der Waals surface area contributed by atoms with E-state index in [1.54, 1.807) is 30.3 Å². The van der Waals surface area contributed by atoms with Crippen molar-refractivity contribution in [1.82, 2.24) is 0 Å². The van der Waals surface area contributed by atoms with E-state index in [0.29, 0.717) is 18.5 Å². The number of aryl methyl sites for hydroxylation is 2. The number of nitrogens with one attached hydrogen (secondary N) is 1. The van der Waals surface area contributed by atoms with E-state index in [2.05, 4.69) is 4.72 Å². The van der Waals surface area contributed by atoms with Gasteiger partial charge in [-0.2, -0.15) is 0 Å². The molecule has 0 atom stereocenters. The third-order valence-electron chi connectivity index (χ3n) is 5.37. The third-order valence-corrected chi connectivity index (χ3v) is 8.63. The number of hydrogen-bond acceptors (Lipinski definition) is 6. The summed E-state index contributed by atoms with van der Waals surface area (Å²) in [6.07, 6.45) is 1.27. The SMILES string of the molecule is Cc1ccc(S(=O)(=O)N2CCCc3ccc(NS(=O)(=O)c4ccccc4[N+](=O)[O-])cc32)cc1. The molecule has 11 heteroatoms. The van der Waals surface area contributed by atoms with Crippen LogP contribution in [-0.2, 0) is 26.5 Å². The van der Waals surface area contributed by atoms with Crippen LogP contribution < -0.4 is 9.03 Å². The van der Waals surface area contributed by atoms with Gasteiger partial charge < -0.3 is 0 Å². The van der Waals surface area contributed by atoms with Gasteiger partial charge in [0, 0.05) is 12.6 Å². The molecule has 9 nitrogen and oxygen atoms in total. The molecule has 0 saturated carbocycles. The number of anilines is 2. The highest BCUT2D eigenvalue weighted by Gasteiger charge is 2.30. The first kappa shape index (κ1) is 22.7. The number of para-hydroxylation sites is 1. The van der Waals surface area contributed by atoms with Gasteiger partial charge in [-0.25, -0.2) is 16.8 Å². The lowest BCUT2D eigenvalue weighted by atomic mass is 10.0. The van der Waals surface area contributed by atoms with E-state index >= 15 is 0 Å². The fourth-order valence-electron chi connectivity index (χ4n) is 3.74. The molecule has 0 aliphatic carbocycles. The average molecular weight is 488 g/mol. The van der Waals surface area contributed by atoms with Crippen molar-refractivity contribution in [2.75, 3.05) is 15.6 Å². The summed E-state index contributed by atoms with van der Waals surface area (Å²) in [5.41, 5.74) is 1.64. The summed E-state index contributed by atoms with van der Waals surface area (Å²) >= 11 is 0. The molecule has 172 valence electrons. The van der Waals surface area contributed by atoms with Crippen molar-refractivity contribution in [3.05, 3.63) is 88.0 Å². The van der Waals surface area contributed by atoms with Crippen LogP contribution in [0.25, 0.3) is 0 Å². The monoisotopic (exact) mass is 487 g/mol. The molecule has 0 aromatic heterocycles. The zero-order chi connectivity index (χ0) is 23.8. The molecular weight excluding hydrogens is 466 g/mol. The van der Waals surface area contributed by atoms with Gasteiger partial charge >= 0.3 is 0 Å². The standard InChI is InChI=1S/C22H21N3O6S2/c1-16-8-12-19(13-9-16)33(30,31)24-14-4-5-17-10-11-18(15-21(17)24)23-32(28,29)22-7-3-2-6-20(22)25(26)27/h2-3,6-13,15,23H,4-5,14H2,1H3. The van der Waals surface area contributed by atoms with Crippen LogP contribution >= 0.6 is 0 Å². The van der Waals surface area contributed by atoms with Gasteiger partial charge in [-0.3, -0.25) is 19.1 Å². The highest BCUT2D eigenvalue weighted by molar-refractivity contribution is 7.93. The van der Waals surface area contributed by atoms with E-state index in [9.17, 15) is 26.9 Å². The molecule has 4 rings (SSSR count). The highest BCUT2D eigenvalue weighted by Crippen LogP contribution is 2.35. The topological polar surface area (TPSA) is 127 Å². The molecule has 3 aromatic carbocycles. The number of nitrogens with zero attached hydrogens (tertiary/aromatic N) is 2. The summed E-state index contributed by atoms with van der Waals surface area (Å²) in [7, 11) is -8.14. The van der Waals surface area contributed by atoms with Crippen molar-refractivity contribution in [1.29, 1.82) is 0 Å². The van der Waals surface area contributed by atoms with Crippen LogP contribution in [0.4, 0.5) is 17.1 Å². The Morgan fingerprint density at radius 2 is 1.67 bits per heavy atom. The lowest BCUT2D eigenvalue weighted by Crippen LogP contribution is -2.35. The Kier molecular flexibility index (Phi) is 5.85. The van der Waals surface area contributed by atoms with Crippen molar-refractivity contribution in [3.8, 4) is 0 Å². The number of sulfonamides is 2. The largest absolute Gasteiger partial charge is 0.289 e. The number of nitro benzene ring substituents is 1. The zero-order valence-electron chi connectivity index (χ0n) is 17.6. The molecular formula is C22H21N3O6S2. The van der Waals surface area contributed by atoms with Crippen molar-refractivity contribution in [2.24, 2.45) is 0 Å². The summed E-state index contributed by atoms with van der Waals surface area (Å²) < 4.78 is 56.0. The number of hydrogen-bond donors (Lipinski definition) is 1. The fourth-order valence-corrected chi connectivity index (χ4v) is 6.49. The van der Waals surface area contributed by atoms with Crippen molar-refractivity contribution in [2.45, 2.75) is 29.6 Å². The predicted octanol–water partition coefficient (Wildman–Crippen LogP) is 3.85. The van der Waals surface area contributed by atoms with Crippen LogP contribution in [0.2, 0.25) is 0 Å². The molecule has 33 heavy (non-hydrogen) atoms. The van der Waals surface area contributed by atoms with Gasteiger partial charge in [0.2, 0.25) is 0 Å². The van der Waals surface area contributed by atoms with Gasteiger partial charge in [0.05, 0.1) is 21.2 Å². The van der Waals surface area contributed by atoms with Gasteiger partial charge in [-0.1, -0.05) is 35.9 Å². The second-order valence-corrected chi connectivity index (χ2v) is 11.2. The molecule has 0 fully saturated rings. The Bertz CT molecular complexity index is 1440. The Labute approximate surface area is 191 Å². The van der Waals surface area contributed by atoms with Gasteiger partial charge in [0.25, 0.3) is 25.7 Å². The Balaban J connectivity index is 1.72. The molecule has 0 spiro atoms. The molecule has 0 amide bonds. The molecule has 0 unspecified atom stereocenters. The maximum atomic E-state index is 13.3. The fraction of sp³-hybridized carbons (Fsp3) is 0.182. The highest BCUT2D eigenvalue weighted by atomic mass is 32.2. The molecule has 1 aliphatic heterocycles. The second kappa shape index (κ2) is 8.49. The van der Waals surface area contributed by atoms with E-state index in [4.69, 9.17) is 0 Å². The minimum Gasteiger partial charge on any atom is -0.279 e. The summed E-state index contributed by atoms with van der Waals surface area (Å²) in [6, 6.07) is 16.2. The first-order valence-corrected chi connectivity index (χ1v) is 13.0. The van der Waals surface area contributed by atoms with Crippen molar-refractivity contribution < 1.29 is 21.8 Å². The normalized spacial score (nSPS) is 13.9. The van der Waals surface area contributed by atoms with E-state index in [0.717, 1.165) is 23.3 Å². The average Bonchev–Trinajstić information content (AvgIpc) is 2.78. The smallest absolute Gasteiger partial charge is 0.279 e. The van der Waals surface area contributed by atoms with Gasteiger partial charge in [-0.05, 0) is 55.7 Å². The summed E-state index contributed by atoms with van der Waals surface area (Å²) in [6.45, 7) is 2.12. The maximum Gasteiger partial charge on any atom is 0.289 e. The Morgan fingerprint density at radius 1 is 0.970 bits per heavy atom. The molecule has 0 saturated heterocycles. The number of benzene rings is 3. The third kappa shape index (κ3) is 4.41. The summed E-state index contributed by atoms with van der Waals surface area (Å²) in [4.78, 5) is 10.2. The van der Waals surface area contributed by atoms with Gasteiger partial charge in [0.15, 0.2) is 4.90 Å². The minimum absolute atomic E-state index is 0.109. The van der Waals surface area contributed by atoms with Crippen LogP contribution in [-0.4, -0.2) is 28.3 Å². The Hall–Kier alpha value is -3.44. The number of nitro groups is 1. The lowest BCUT2D eigenvalue weighted by Gasteiger charge is -2.31. The molecule has 0 bridgehead atoms. The molecule has 1 heterocycles. The zero-order valence-corrected chi connectivity index (χ0v) is 19.3. The predicted molar refractivity (Wildman–Crippen MR) is 124 cm³/mol. The van der Waals surface area contributed by atoms with Crippen molar-refractivity contribution in [3.63, 3.8) is 0 Å². The van der Waals surface area contributed by atoms with Gasteiger partial charge in [-0.15, -0.1) is 0 Å². The maximum absolute atomic E-state index is 13.3. The van der Waals surface area contributed by atoms with E-state index in [1.807, 2.05) is 6.92 Å². The van der Waals surface area contributed by atoms with Gasteiger partial charge in [0.1, 0.15) is 0 Å². The first-order valence-electron chi connectivity index (χ1n) is 10.1. The molecule has 3 aromatic rings. The number of rotatable bonds is 6. The van der Waals surface area contributed by atoms with Crippen LogP contribution in [0, 0.1) is 17.0 Å². The van der Waals surface area contributed by atoms with Crippen molar-refractivity contribution >= 4 is 37.1 Å². The van der Waals surface area contributed by atoms with Crippen LogP contribution in [0.15, 0.2) is 76.5 Å². The lowest BCUT2D eigenvalue weighted by molar-refractivity contribution is -0.387. The molecule has 0 radical (unpaired) electrons. The van der Waals surface area contributed by atoms with E-state index < -0.39 is 35.6 Å². The van der Waals surface area contributed by atoms with Crippen LogP contribution in [0.1, 0.15) is 17.5 Å². The quantitative estimate of drug-likeness (QED) is 0.416. The Morgan fingerprint density at radius 3 is 2.36 bits per heavy atom. The number of fused-ring (bicyclic) bond motifs is 1. The van der Waals surface area contributed by atoms with E-state index in [-0.39, 0.29) is 17.1 Å². The molecule has 1 N–H and O–H groups in total. The molecule has 1 aliphatic rings. The summed E-state index contributed by atoms with van der Waals surface area (Å²) in [5.74, 6) is 0. The minimum atomic E-state index is -4.29.